The number of fused-ring (bicyclic) bond motifs is 2. The van der Waals surface area contributed by atoms with Gasteiger partial charge in [0.15, 0.2) is 0 Å². The summed E-state index contributed by atoms with van der Waals surface area (Å²) >= 11 is 0. The van der Waals surface area contributed by atoms with Crippen LogP contribution in [0.4, 0.5) is 10.1 Å². The van der Waals surface area contributed by atoms with Crippen molar-refractivity contribution in [2.75, 3.05) is 38.5 Å². The Morgan fingerprint density at radius 3 is 2.72 bits per heavy atom. The molecular formula is C21H21FN4O3. The number of carbonyl (C=O) groups is 3. The first-order valence-corrected chi connectivity index (χ1v) is 9.42. The number of nitrogens with zero attached hydrogens (tertiary/aromatic N) is 2. The van der Waals surface area contributed by atoms with E-state index >= 15 is 0 Å². The van der Waals surface area contributed by atoms with E-state index in [0.717, 1.165) is 0 Å². The van der Waals surface area contributed by atoms with Gasteiger partial charge < -0.3 is 20.4 Å². The van der Waals surface area contributed by atoms with Crippen molar-refractivity contribution in [3.63, 3.8) is 0 Å². The summed E-state index contributed by atoms with van der Waals surface area (Å²) in [5.74, 6) is -1.14. The van der Waals surface area contributed by atoms with Gasteiger partial charge in [-0.2, -0.15) is 0 Å². The standard InChI is InChI=1S/C21H21FN4O3/c1-23-11-19(27)25-8-9-26-18(12-25)20(28)24-17-7-6-13(10-15(17)21(26)29)14-4-2-3-5-16(14)22/h2-7,10,18,23H,8-9,11-12H2,1H3,(H,24,28)/t18-/m1/s1. The summed E-state index contributed by atoms with van der Waals surface area (Å²) in [6.45, 7) is 0.939. The van der Waals surface area contributed by atoms with Gasteiger partial charge in [-0.25, -0.2) is 4.39 Å². The Morgan fingerprint density at radius 2 is 1.97 bits per heavy atom. The number of benzene rings is 2. The largest absolute Gasteiger partial charge is 0.337 e. The van der Waals surface area contributed by atoms with Crippen LogP contribution in [0.5, 0.6) is 0 Å². The molecule has 2 aliphatic heterocycles. The van der Waals surface area contributed by atoms with Gasteiger partial charge in [0.05, 0.1) is 24.3 Å². The molecule has 0 saturated carbocycles. The highest BCUT2D eigenvalue weighted by molar-refractivity contribution is 6.10. The molecule has 0 spiro atoms. The van der Waals surface area contributed by atoms with Crippen molar-refractivity contribution in [3.8, 4) is 11.1 Å². The number of rotatable bonds is 3. The number of halogens is 1. The lowest BCUT2D eigenvalue weighted by Crippen LogP contribution is -2.60. The Bertz CT molecular complexity index is 994. The minimum absolute atomic E-state index is 0.115. The number of anilines is 1. The summed E-state index contributed by atoms with van der Waals surface area (Å²) in [4.78, 5) is 41.3. The van der Waals surface area contributed by atoms with Gasteiger partial charge in [0.2, 0.25) is 11.8 Å². The SMILES string of the molecule is CNCC(=O)N1CCN2C(=O)c3cc(-c4ccccc4F)ccc3NC(=O)[C@H]2C1. The molecule has 0 bridgehead atoms. The normalized spacial score (nSPS) is 18.6. The number of likely N-dealkylation sites (N-methyl/N-ethyl adjacent to an activating group) is 1. The number of nitrogens with one attached hydrogen (secondary N) is 2. The Labute approximate surface area is 167 Å². The Kier molecular flexibility index (Phi) is 5.02. The maximum Gasteiger partial charge on any atom is 0.256 e. The van der Waals surface area contributed by atoms with Gasteiger partial charge >= 0.3 is 0 Å². The van der Waals surface area contributed by atoms with Crippen LogP contribution in [0.3, 0.4) is 0 Å². The van der Waals surface area contributed by atoms with Gasteiger partial charge in [-0.1, -0.05) is 24.3 Å². The van der Waals surface area contributed by atoms with Gasteiger partial charge in [-0.15, -0.1) is 0 Å². The number of hydrogen-bond donors (Lipinski definition) is 2. The van der Waals surface area contributed by atoms with Gasteiger partial charge in [-0.05, 0) is 30.8 Å². The first-order chi connectivity index (χ1) is 14.0. The molecule has 7 nitrogen and oxygen atoms in total. The molecule has 0 aliphatic carbocycles. The third kappa shape index (κ3) is 3.47. The van der Waals surface area contributed by atoms with E-state index in [1.807, 2.05) is 0 Å². The predicted molar refractivity (Wildman–Crippen MR) is 106 cm³/mol. The van der Waals surface area contributed by atoms with Crippen LogP contribution in [0.1, 0.15) is 10.4 Å². The minimum Gasteiger partial charge on any atom is -0.337 e. The van der Waals surface area contributed by atoms with E-state index in [9.17, 15) is 18.8 Å². The summed E-state index contributed by atoms with van der Waals surface area (Å²) in [6, 6.07) is 10.5. The van der Waals surface area contributed by atoms with Crippen molar-refractivity contribution in [2.45, 2.75) is 6.04 Å². The Morgan fingerprint density at radius 1 is 1.17 bits per heavy atom. The van der Waals surface area contributed by atoms with Crippen molar-refractivity contribution in [1.29, 1.82) is 0 Å². The van der Waals surface area contributed by atoms with Crippen LogP contribution < -0.4 is 10.6 Å². The van der Waals surface area contributed by atoms with Crippen molar-refractivity contribution in [3.05, 3.63) is 53.8 Å². The van der Waals surface area contributed by atoms with Gasteiger partial charge in [0.25, 0.3) is 5.91 Å². The van der Waals surface area contributed by atoms with Crippen LogP contribution in [0.2, 0.25) is 0 Å². The number of piperazine rings is 1. The topological polar surface area (TPSA) is 81.8 Å². The molecule has 0 radical (unpaired) electrons. The molecule has 1 atom stereocenters. The third-order valence-corrected chi connectivity index (χ3v) is 5.32. The second kappa shape index (κ2) is 7.63. The van der Waals surface area contributed by atoms with Crippen LogP contribution in [-0.2, 0) is 9.59 Å². The number of amides is 3. The number of carbonyl (C=O) groups excluding carboxylic acids is 3. The zero-order valence-electron chi connectivity index (χ0n) is 15.9. The van der Waals surface area contributed by atoms with Crippen molar-refractivity contribution < 1.29 is 18.8 Å². The van der Waals surface area contributed by atoms with Crippen molar-refractivity contribution in [2.24, 2.45) is 0 Å². The summed E-state index contributed by atoms with van der Waals surface area (Å²) in [5, 5.41) is 5.59. The second-order valence-corrected chi connectivity index (χ2v) is 7.11. The lowest BCUT2D eigenvalue weighted by Gasteiger charge is -2.39. The lowest BCUT2D eigenvalue weighted by atomic mass is 10.0. The monoisotopic (exact) mass is 396 g/mol. The molecule has 3 amide bonds. The van der Waals surface area contributed by atoms with Crippen molar-refractivity contribution >= 4 is 23.4 Å². The Hall–Kier alpha value is -3.26. The molecule has 4 rings (SSSR count). The molecule has 2 N–H and O–H groups in total. The highest BCUT2D eigenvalue weighted by Crippen LogP contribution is 2.31. The molecule has 29 heavy (non-hydrogen) atoms. The lowest BCUT2D eigenvalue weighted by molar-refractivity contribution is -0.134. The molecule has 2 aromatic carbocycles. The van der Waals surface area contributed by atoms with Crippen LogP contribution in [0, 0.1) is 5.82 Å². The fourth-order valence-corrected chi connectivity index (χ4v) is 3.80. The van der Waals surface area contributed by atoms with E-state index in [-0.39, 0.29) is 43.2 Å². The number of hydrogen-bond acceptors (Lipinski definition) is 4. The quantitative estimate of drug-likeness (QED) is 0.820. The van der Waals surface area contributed by atoms with E-state index in [2.05, 4.69) is 10.6 Å². The smallest absolute Gasteiger partial charge is 0.256 e. The first kappa shape index (κ1) is 19.1. The van der Waals surface area contributed by atoms with Crippen LogP contribution in [-0.4, -0.2) is 66.8 Å². The molecule has 2 aliphatic rings. The molecule has 8 heteroatoms. The first-order valence-electron chi connectivity index (χ1n) is 9.42. The third-order valence-electron chi connectivity index (χ3n) is 5.32. The maximum absolute atomic E-state index is 14.2. The van der Waals surface area contributed by atoms with Gasteiger partial charge in [0, 0.05) is 18.7 Å². The van der Waals surface area contributed by atoms with E-state index < -0.39 is 6.04 Å². The molecule has 0 aromatic heterocycles. The van der Waals surface area contributed by atoms with E-state index in [1.54, 1.807) is 48.3 Å². The molecule has 2 heterocycles. The predicted octanol–water partition coefficient (Wildman–Crippen LogP) is 1.32. The summed E-state index contributed by atoms with van der Waals surface area (Å²) in [6.07, 6.45) is 0. The zero-order valence-corrected chi connectivity index (χ0v) is 15.9. The van der Waals surface area contributed by atoms with Crippen LogP contribution in [0.15, 0.2) is 42.5 Å². The van der Waals surface area contributed by atoms with E-state index in [1.165, 1.54) is 11.0 Å². The summed E-state index contributed by atoms with van der Waals surface area (Å²) in [7, 11) is 1.68. The molecule has 0 unspecified atom stereocenters. The zero-order chi connectivity index (χ0) is 20.5. The average Bonchev–Trinajstić information content (AvgIpc) is 2.83. The average molecular weight is 396 g/mol. The second-order valence-electron chi connectivity index (χ2n) is 7.11. The van der Waals surface area contributed by atoms with Crippen LogP contribution >= 0.6 is 0 Å². The highest BCUT2D eigenvalue weighted by Gasteiger charge is 2.40. The summed E-state index contributed by atoms with van der Waals surface area (Å²) < 4.78 is 14.2. The van der Waals surface area contributed by atoms with E-state index in [0.29, 0.717) is 28.9 Å². The van der Waals surface area contributed by atoms with Gasteiger partial charge in [-0.3, -0.25) is 14.4 Å². The van der Waals surface area contributed by atoms with E-state index in [4.69, 9.17) is 0 Å². The fourth-order valence-electron chi connectivity index (χ4n) is 3.80. The highest BCUT2D eigenvalue weighted by atomic mass is 19.1. The minimum atomic E-state index is -0.763. The van der Waals surface area contributed by atoms with Crippen LogP contribution in [0.25, 0.3) is 11.1 Å². The molecule has 1 saturated heterocycles. The van der Waals surface area contributed by atoms with Crippen molar-refractivity contribution in [1.82, 2.24) is 15.1 Å². The molecule has 1 fully saturated rings. The van der Waals surface area contributed by atoms with Gasteiger partial charge in [0.1, 0.15) is 11.9 Å². The summed E-state index contributed by atoms with van der Waals surface area (Å²) in [5.41, 5.74) is 1.66. The molecule has 150 valence electrons. The Balaban J connectivity index is 1.66. The molecule has 2 aromatic rings. The molecular weight excluding hydrogens is 375 g/mol. The fraction of sp³-hybridized carbons (Fsp3) is 0.286. The maximum atomic E-state index is 14.2.